The molecule has 13 nitrogen and oxygen atoms in total. The molecule has 2 saturated heterocycles. The minimum Gasteiger partial charge on any atom is -0.394 e. The fourth-order valence-corrected chi connectivity index (χ4v) is 8.31. The standard InChI is InChI=1S/C36H63F3N2O11/c1-8-22(14-15-23-27(44)29(46)30(47)32(51-23)36(37,38)39)35(4,5)17-19(2)49-34-26(40-20(3)43)31(28(45)25(18-42)52-34)50-24(33(48)41(6)7)16-21-12-10-9-11-13-21/h19,21-32,34,42,44-47H,8-18H2,1-7H3,(H,40,43)/t19-,22-,23?,24-,25-,26?,27?,28?,29?,30?,31?,32?,34+/m0/s1. The van der Waals surface area contributed by atoms with E-state index in [1.54, 1.807) is 21.0 Å². The summed E-state index contributed by atoms with van der Waals surface area (Å²) in [6.45, 7) is 8.37. The quantitative estimate of drug-likeness (QED) is 0.136. The summed E-state index contributed by atoms with van der Waals surface area (Å²) in [5.74, 6) is -0.592. The van der Waals surface area contributed by atoms with Gasteiger partial charge in [0.2, 0.25) is 5.91 Å². The van der Waals surface area contributed by atoms with Crippen molar-refractivity contribution in [2.24, 2.45) is 17.3 Å². The number of nitrogens with one attached hydrogen (secondary N) is 1. The SMILES string of the molecule is CC[C@@H](CCC1OC(C(F)(F)F)C(O)C(O)C1O)C(C)(C)C[C@H](C)O[C@@H]1O[C@@H](CO)C(O)C(O[C@@H](CC2CCCCC2)C(=O)N(C)C)C1NC(C)=O. The molecule has 6 N–H and O–H groups in total. The maximum Gasteiger partial charge on any atom is 0.417 e. The highest BCUT2D eigenvalue weighted by molar-refractivity contribution is 5.80. The normalized spacial score (nSPS) is 34.0. The minimum absolute atomic E-state index is 0.00613. The van der Waals surface area contributed by atoms with Gasteiger partial charge in [0.25, 0.3) is 5.91 Å². The number of aliphatic hydroxyl groups excluding tert-OH is 5. The number of carbonyl (C=O) groups excluding carboxylic acids is 2. The van der Waals surface area contributed by atoms with Crippen molar-refractivity contribution in [1.29, 1.82) is 0 Å². The van der Waals surface area contributed by atoms with Crippen LogP contribution in [0.4, 0.5) is 13.2 Å². The molecule has 304 valence electrons. The fourth-order valence-electron chi connectivity index (χ4n) is 8.31. The number of nitrogens with zero attached hydrogens (tertiary/aromatic N) is 1. The summed E-state index contributed by atoms with van der Waals surface area (Å²) in [5.41, 5.74) is -0.497. The van der Waals surface area contributed by atoms with Crippen LogP contribution in [-0.2, 0) is 28.5 Å². The summed E-state index contributed by atoms with van der Waals surface area (Å²) in [6, 6.07) is -1.06. The van der Waals surface area contributed by atoms with Gasteiger partial charge in [-0.05, 0) is 49.9 Å². The molecule has 3 rings (SSSR count). The van der Waals surface area contributed by atoms with Crippen molar-refractivity contribution < 1.29 is 67.2 Å². The minimum atomic E-state index is -4.93. The highest BCUT2D eigenvalue weighted by Gasteiger charge is 2.55. The number of ether oxygens (including phenoxy) is 4. The van der Waals surface area contributed by atoms with Crippen LogP contribution < -0.4 is 5.32 Å². The van der Waals surface area contributed by atoms with Crippen molar-refractivity contribution in [1.82, 2.24) is 10.2 Å². The Morgan fingerprint density at radius 1 is 0.942 bits per heavy atom. The Hall–Kier alpha value is -1.63. The van der Waals surface area contributed by atoms with E-state index in [9.17, 15) is 48.3 Å². The Kier molecular flexibility index (Phi) is 16.6. The first kappa shape index (κ1) is 44.8. The lowest BCUT2D eigenvalue weighted by Crippen LogP contribution is -2.66. The van der Waals surface area contributed by atoms with Crippen LogP contribution in [0.5, 0.6) is 0 Å². The molecule has 0 spiro atoms. The summed E-state index contributed by atoms with van der Waals surface area (Å²) in [5, 5.41) is 54.8. The molecule has 1 saturated carbocycles. The average Bonchev–Trinajstić information content (AvgIpc) is 3.05. The second-order valence-corrected chi connectivity index (χ2v) is 15.9. The molecule has 2 amide bonds. The molecule has 0 aromatic carbocycles. The second-order valence-electron chi connectivity index (χ2n) is 15.9. The zero-order chi connectivity index (χ0) is 39.1. The molecule has 3 aliphatic rings. The van der Waals surface area contributed by atoms with Crippen molar-refractivity contribution in [2.75, 3.05) is 20.7 Å². The van der Waals surface area contributed by atoms with E-state index in [-0.39, 0.29) is 24.2 Å². The fraction of sp³-hybridized carbons (Fsp3) is 0.944. The van der Waals surface area contributed by atoms with E-state index < -0.39 is 97.5 Å². The summed E-state index contributed by atoms with van der Waals surface area (Å²) in [4.78, 5) is 27.3. The number of aliphatic hydroxyl groups is 5. The third-order valence-electron chi connectivity index (χ3n) is 11.1. The van der Waals surface area contributed by atoms with Gasteiger partial charge in [-0.1, -0.05) is 59.3 Å². The lowest BCUT2D eigenvalue weighted by Gasteiger charge is -2.46. The monoisotopic (exact) mass is 756 g/mol. The number of hydrogen-bond donors (Lipinski definition) is 6. The summed E-state index contributed by atoms with van der Waals surface area (Å²) in [6.07, 6.45) is -14.4. The largest absolute Gasteiger partial charge is 0.417 e. The highest BCUT2D eigenvalue weighted by Crippen LogP contribution is 2.41. The zero-order valence-corrected chi connectivity index (χ0v) is 31.6. The molecule has 52 heavy (non-hydrogen) atoms. The van der Waals surface area contributed by atoms with Crippen molar-refractivity contribution in [2.45, 2.75) is 178 Å². The molecular formula is C36H63F3N2O11. The third-order valence-corrected chi connectivity index (χ3v) is 11.1. The van der Waals surface area contributed by atoms with Crippen LogP contribution in [0, 0.1) is 17.3 Å². The smallest absolute Gasteiger partial charge is 0.394 e. The predicted octanol–water partition coefficient (Wildman–Crippen LogP) is 2.42. The third kappa shape index (κ3) is 11.7. The van der Waals surface area contributed by atoms with Gasteiger partial charge in [-0.3, -0.25) is 9.59 Å². The lowest BCUT2D eigenvalue weighted by molar-refractivity contribution is -0.311. The second kappa shape index (κ2) is 19.3. The van der Waals surface area contributed by atoms with Crippen molar-refractivity contribution in [3.05, 3.63) is 0 Å². The number of amides is 2. The first-order valence-corrected chi connectivity index (χ1v) is 18.7. The van der Waals surface area contributed by atoms with E-state index in [2.05, 4.69) is 5.32 Å². The van der Waals surface area contributed by atoms with E-state index in [1.807, 2.05) is 20.8 Å². The van der Waals surface area contributed by atoms with Crippen molar-refractivity contribution >= 4 is 11.8 Å². The summed E-state index contributed by atoms with van der Waals surface area (Å²) >= 11 is 0. The van der Waals surface area contributed by atoms with Crippen molar-refractivity contribution in [3.8, 4) is 0 Å². The predicted molar refractivity (Wildman–Crippen MR) is 183 cm³/mol. The summed E-state index contributed by atoms with van der Waals surface area (Å²) < 4.78 is 64.4. The van der Waals surface area contributed by atoms with Crippen LogP contribution in [0.2, 0.25) is 0 Å². The molecule has 2 heterocycles. The van der Waals surface area contributed by atoms with Crippen LogP contribution in [0.15, 0.2) is 0 Å². The van der Waals surface area contributed by atoms with Gasteiger partial charge in [0.05, 0.1) is 18.8 Å². The number of likely N-dealkylation sites (N-methyl/N-ethyl adjacent to an activating group) is 1. The maximum absolute atomic E-state index is 13.5. The zero-order valence-electron chi connectivity index (χ0n) is 31.6. The van der Waals surface area contributed by atoms with Gasteiger partial charge in [-0.2, -0.15) is 13.2 Å². The molecule has 0 bridgehead atoms. The Bertz CT molecular complexity index is 1130. The topological polar surface area (TPSA) is 187 Å². The Balaban J connectivity index is 1.76. The van der Waals surface area contributed by atoms with Gasteiger partial charge in [0.1, 0.15) is 48.8 Å². The lowest BCUT2D eigenvalue weighted by atomic mass is 9.71. The van der Waals surface area contributed by atoms with E-state index in [0.29, 0.717) is 25.7 Å². The molecule has 0 radical (unpaired) electrons. The van der Waals surface area contributed by atoms with Crippen LogP contribution in [-0.4, -0.2) is 142 Å². The molecule has 0 aromatic rings. The van der Waals surface area contributed by atoms with E-state index in [1.165, 1.54) is 11.8 Å². The molecule has 2 aliphatic heterocycles. The van der Waals surface area contributed by atoms with Gasteiger partial charge in [0.15, 0.2) is 12.4 Å². The van der Waals surface area contributed by atoms with Gasteiger partial charge >= 0.3 is 6.18 Å². The number of alkyl halides is 3. The highest BCUT2D eigenvalue weighted by atomic mass is 19.4. The molecule has 0 aromatic heterocycles. The number of rotatable bonds is 16. The van der Waals surface area contributed by atoms with Crippen molar-refractivity contribution in [3.63, 3.8) is 0 Å². The molecular weight excluding hydrogens is 693 g/mol. The number of carbonyl (C=O) groups is 2. The van der Waals surface area contributed by atoms with Crippen LogP contribution >= 0.6 is 0 Å². The van der Waals surface area contributed by atoms with Gasteiger partial charge in [-0.25, -0.2) is 0 Å². The summed E-state index contributed by atoms with van der Waals surface area (Å²) in [7, 11) is 3.25. The molecule has 16 heteroatoms. The number of hydrogen-bond acceptors (Lipinski definition) is 11. The first-order chi connectivity index (χ1) is 24.2. The van der Waals surface area contributed by atoms with Gasteiger partial charge in [0, 0.05) is 21.0 Å². The van der Waals surface area contributed by atoms with Gasteiger partial charge in [-0.15, -0.1) is 0 Å². The number of halogens is 3. The van der Waals surface area contributed by atoms with Crippen LogP contribution in [0.25, 0.3) is 0 Å². The molecule has 13 atom stereocenters. The van der Waals surface area contributed by atoms with E-state index in [4.69, 9.17) is 18.9 Å². The van der Waals surface area contributed by atoms with Crippen LogP contribution in [0.1, 0.15) is 98.8 Å². The van der Waals surface area contributed by atoms with E-state index >= 15 is 0 Å². The molecule has 1 aliphatic carbocycles. The molecule has 8 unspecified atom stereocenters. The Labute approximate surface area is 305 Å². The molecule has 3 fully saturated rings. The average molecular weight is 757 g/mol. The van der Waals surface area contributed by atoms with Crippen LogP contribution in [0.3, 0.4) is 0 Å². The van der Waals surface area contributed by atoms with E-state index in [0.717, 1.165) is 32.1 Å². The maximum atomic E-state index is 13.5. The van der Waals surface area contributed by atoms with Gasteiger partial charge < -0.3 is 54.7 Å². The Morgan fingerprint density at radius 3 is 2.12 bits per heavy atom. The first-order valence-electron chi connectivity index (χ1n) is 18.7. The Morgan fingerprint density at radius 2 is 1.58 bits per heavy atom.